The molecule has 4 nitrogen and oxygen atoms in total. The Morgan fingerprint density at radius 2 is 1.75 bits per heavy atom. The fraction of sp³-hybridized carbons (Fsp3) is 0.875. The van der Waals surface area contributed by atoms with Crippen LogP contribution in [-0.4, -0.2) is 34.3 Å². The lowest BCUT2D eigenvalue weighted by molar-refractivity contribution is -0.162. The number of amides is 2. The maximum atomic E-state index is 12.8. The molecule has 1 aliphatic rings. The van der Waals surface area contributed by atoms with Crippen LogP contribution >= 0.6 is 0 Å². The molecule has 0 bridgehead atoms. The van der Waals surface area contributed by atoms with E-state index in [2.05, 4.69) is 19.2 Å². The average Bonchev–Trinajstić information content (AvgIpc) is 2.42. The maximum absolute atomic E-state index is 12.8. The number of carbonyl (C=O) groups is 2. The molecule has 0 aromatic rings. The predicted molar refractivity (Wildman–Crippen MR) is 81.4 cm³/mol. The third-order valence-electron chi connectivity index (χ3n) is 4.62. The number of hydrogen-bond acceptors (Lipinski definition) is 2. The van der Waals surface area contributed by atoms with E-state index in [0.29, 0.717) is 12.8 Å². The fourth-order valence-corrected chi connectivity index (χ4v) is 3.42. The van der Waals surface area contributed by atoms with Gasteiger partial charge in [-0.25, -0.2) is 0 Å². The SMILES string of the molecule is CCCC1NC(=O)C(CC)(CC)N(C(C)CCC)C1=O. The van der Waals surface area contributed by atoms with Crippen LogP contribution in [0.3, 0.4) is 0 Å². The Balaban J connectivity index is 3.16. The average molecular weight is 282 g/mol. The molecule has 0 spiro atoms. The minimum atomic E-state index is -0.657. The molecular formula is C16H30N2O2. The van der Waals surface area contributed by atoms with E-state index in [4.69, 9.17) is 0 Å². The van der Waals surface area contributed by atoms with Gasteiger partial charge in [-0.2, -0.15) is 0 Å². The van der Waals surface area contributed by atoms with E-state index in [-0.39, 0.29) is 23.9 Å². The van der Waals surface area contributed by atoms with Gasteiger partial charge in [0.15, 0.2) is 0 Å². The molecule has 116 valence electrons. The zero-order chi connectivity index (χ0) is 15.3. The van der Waals surface area contributed by atoms with Gasteiger partial charge in [-0.05, 0) is 32.6 Å². The maximum Gasteiger partial charge on any atom is 0.246 e. The summed E-state index contributed by atoms with van der Waals surface area (Å²) in [5, 5.41) is 2.96. The number of carbonyl (C=O) groups excluding carboxylic acids is 2. The summed E-state index contributed by atoms with van der Waals surface area (Å²) >= 11 is 0. The monoisotopic (exact) mass is 282 g/mol. The molecule has 0 aromatic carbocycles. The molecule has 1 aliphatic heterocycles. The Kier molecular flexibility index (Phi) is 6.03. The largest absolute Gasteiger partial charge is 0.342 e. The van der Waals surface area contributed by atoms with Gasteiger partial charge in [-0.15, -0.1) is 0 Å². The molecule has 20 heavy (non-hydrogen) atoms. The molecule has 0 aromatic heterocycles. The van der Waals surface area contributed by atoms with Crippen molar-refractivity contribution < 1.29 is 9.59 Å². The molecule has 1 saturated heterocycles. The second-order valence-corrected chi connectivity index (χ2v) is 5.90. The molecule has 1 fully saturated rings. The molecule has 0 radical (unpaired) electrons. The minimum Gasteiger partial charge on any atom is -0.342 e. The number of nitrogens with zero attached hydrogens (tertiary/aromatic N) is 1. The highest BCUT2D eigenvalue weighted by Crippen LogP contribution is 2.32. The summed E-state index contributed by atoms with van der Waals surface area (Å²) in [5.41, 5.74) is -0.657. The van der Waals surface area contributed by atoms with Crippen LogP contribution in [0.15, 0.2) is 0 Å². The lowest BCUT2D eigenvalue weighted by Crippen LogP contribution is -2.72. The Bertz CT molecular complexity index is 350. The number of nitrogens with one attached hydrogen (secondary N) is 1. The fourth-order valence-electron chi connectivity index (χ4n) is 3.42. The first-order valence-corrected chi connectivity index (χ1v) is 8.12. The van der Waals surface area contributed by atoms with E-state index in [1.54, 1.807) is 0 Å². The van der Waals surface area contributed by atoms with E-state index in [1.165, 1.54) is 0 Å². The summed E-state index contributed by atoms with van der Waals surface area (Å²) in [5.74, 6) is 0.139. The first kappa shape index (κ1) is 17.0. The third-order valence-corrected chi connectivity index (χ3v) is 4.62. The van der Waals surface area contributed by atoms with Gasteiger partial charge < -0.3 is 10.2 Å². The topological polar surface area (TPSA) is 49.4 Å². The van der Waals surface area contributed by atoms with Crippen molar-refractivity contribution in [3.8, 4) is 0 Å². The van der Waals surface area contributed by atoms with Crippen molar-refractivity contribution in [3.63, 3.8) is 0 Å². The van der Waals surface area contributed by atoms with E-state index >= 15 is 0 Å². The molecule has 2 atom stereocenters. The summed E-state index contributed by atoms with van der Waals surface area (Å²) in [6.45, 7) is 10.2. The van der Waals surface area contributed by atoms with Crippen molar-refractivity contribution in [1.82, 2.24) is 10.2 Å². The summed E-state index contributed by atoms with van der Waals surface area (Å²) in [6.07, 6.45) is 4.94. The molecule has 2 unspecified atom stereocenters. The van der Waals surface area contributed by atoms with Crippen molar-refractivity contribution in [2.45, 2.75) is 90.8 Å². The second-order valence-electron chi connectivity index (χ2n) is 5.90. The van der Waals surface area contributed by atoms with Crippen LogP contribution in [0.5, 0.6) is 0 Å². The van der Waals surface area contributed by atoms with Crippen molar-refractivity contribution >= 4 is 11.8 Å². The summed E-state index contributed by atoms with van der Waals surface area (Å²) in [7, 11) is 0. The van der Waals surface area contributed by atoms with Crippen molar-refractivity contribution in [1.29, 1.82) is 0 Å². The Morgan fingerprint density at radius 1 is 1.15 bits per heavy atom. The summed E-state index contributed by atoms with van der Waals surface area (Å²) in [4.78, 5) is 27.3. The standard InChI is InChI=1S/C16H30N2O2/c1-6-10-12(5)18-14(19)13(11-7-2)17-15(20)16(18,8-3)9-4/h12-13H,6-11H2,1-5H3,(H,17,20). The molecule has 0 aliphatic carbocycles. The van der Waals surface area contributed by atoms with Crippen molar-refractivity contribution in [2.75, 3.05) is 0 Å². The number of piperazine rings is 1. The highest BCUT2D eigenvalue weighted by Gasteiger charge is 2.51. The predicted octanol–water partition coefficient (Wildman–Crippen LogP) is 2.86. The highest BCUT2D eigenvalue weighted by molar-refractivity contribution is 6.00. The Morgan fingerprint density at radius 3 is 2.20 bits per heavy atom. The third kappa shape index (κ3) is 2.84. The molecule has 0 saturated carbocycles. The molecule has 1 rings (SSSR count). The van der Waals surface area contributed by atoms with Crippen LogP contribution in [0.2, 0.25) is 0 Å². The number of hydrogen-bond donors (Lipinski definition) is 1. The smallest absolute Gasteiger partial charge is 0.246 e. The van der Waals surface area contributed by atoms with Gasteiger partial charge in [0.05, 0.1) is 0 Å². The van der Waals surface area contributed by atoms with Crippen LogP contribution in [0.25, 0.3) is 0 Å². The normalized spacial score (nSPS) is 23.6. The molecular weight excluding hydrogens is 252 g/mol. The first-order chi connectivity index (χ1) is 9.48. The molecule has 2 amide bonds. The zero-order valence-electron chi connectivity index (χ0n) is 13.7. The van der Waals surface area contributed by atoms with E-state index in [1.807, 2.05) is 25.7 Å². The Hall–Kier alpha value is -1.06. The van der Waals surface area contributed by atoms with Crippen LogP contribution < -0.4 is 5.32 Å². The highest BCUT2D eigenvalue weighted by atomic mass is 16.2. The zero-order valence-corrected chi connectivity index (χ0v) is 13.7. The Labute approximate surface area is 123 Å². The van der Waals surface area contributed by atoms with E-state index < -0.39 is 5.54 Å². The van der Waals surface area contributed by atoms with Crippen molar-refractivity contribution in [3.05, 3.63) is 0 Å². The van der Waals surface area contributed by atoms with E-state index in [0.717, 1.165) is 25.7 Å². The van der Waals surface area contributed by atoms with Gasteiger partial charge in [0.25, 0.3) is 0 Å². The first-order valence-electron chi connectivity index (χ1n) is 8.12. The van der Waals surface area contributed by atoms with Gasteiger partial charge in [-0.3, -0.25) is 9.59 Å². The van der Waals surface area contributed by atoms with Gasteiger partial charge in [0.2, 0.25) is 11.8 Å². The van der Waals surface area contributed by atoms with Gasteiger partial charge >= 0.3 is 0 Å². The van der Waals surface area contributed by atoms with E-state index in [9.17, 15) is 9.59 Å². The second kappa shape index (κ2) is 7.09. The molecule has 1 N–H and O–H groups in total. The molecule has 4 heteroatoms. The lowest BCUT2D eigenvalue weighted by atomic mass is 9.83. The summed E-state index contributed by atoms with van der Waals surface area (Å²) < 4.78 is 0. The molecule has 1 heterocycles. The quantitative estimate of drug-likeness (QED) is 0.780. The van der Waals surface area contributed by atoms with Crippen molar-refractivity contribution in [2.24, 2.45) is 0 Å². The van der Waals surface area contributed by atoms with Gasteiger partial charge in [-0.1, -0.05) is 40.5 Å². The van der Waals surface area contributed by atoms with Gasteiger partial charge in [0, 0.05) is 6.04 Å². The summed E-state index contributed by atoms with van der Waals surface area (Å²) in [6, 6.07) is -0.212. The van der Waals surface area contributed by atoms with Gasteiger partial charge in [0.1, 0.15) is 11.6 Å². The van der Waals surface area contributed by atoms with Crippen LogP contribution in [0, 0.1) is 0 Å². The van der Waals surface area contributed by atoms with Crippen LogP contribution in [0.1, 0.15) is 73.1 Å². The lowest BCUT2D eigenvalue weighted by Gasteiger charge is -2.50. The van der Waals surface area contributed by atoms with Crippen LogP contribution in [0.4, 0.5) is 0 Å². The van der Waals surface area contributed by atoms with Crippen LogP contribution in [-0.2, 0) is 9.59 Å². The number of rotatable bonds is 7. The minimum absolute atomic E-state index is 0.0310.